The first kappa shape index (κ1) is 14.1. The molecule has 0 saturated carbocycles. The Kier molecular flexibility index (Phi) is 5.25. The van der Waals surface area contributed by atoms with E-state index in [-0.39, 0.29) is 6.61 Å². The summed E-state index contributed by atoms with van der Waals surface area (Å²) in [6, 6.07) is 3.54. The molecule has 1 N–H and O–H groups in total. The van der Waals surface area contributed by atoms with Gasteiger partial charge in [-0.25, -0.2) is 9.78 Å². The molecule has 1 rings (SSSR count). The summed E-state index contributed by atoms with van der Waals surface area (Å²) in [5, 5.41) is 13.1. The lowest BCUT2D eigenvalue weighted by Gasteiger charge is -2.05. The van der Waals surface area contributed by atoms with E-state index in [0.29, 0.717) is 12.4 Å². The van der Waals surface area contributed by atoms with Gasteiger partial charge < -0.3 is 10.1 Å². The van der Waals surface area contributed by atoms with Gasteiger partial charge in [0.1, 0.15) is 12.4 Å². The molecule has 18 heavy (non-hydrogen) atoms. The van der Waals surface area contributed by atoms with E-state index in [1.807, 2.05) is 0 Å². The highest BCUT2D eigenvalue weighted by Crippen LogP contribution is 2.09. The second-order valence-electron chi connectivity index (χ2n) is 3.13. The van der Waals surface area contributed by atoms with Gasteiger partial charge in [0, 0.05) is 10.7 Å². The number of nitrogens with one attached hydrogen (secondary N) is 1. The fraction of sp³-hybridized carbons (Fsp3) is 0.200. The maximum atomic E-state index is 11.0. The topological polar surface area (TPSA) is 94.4 Å². The molecule has 7 nitrogen and oxygen atoms in total. The van der Waals surface area contributed by atoms with Crippen molar-refractivity contribution in [1.82, 2.24) is 4.98 Å². The van der Waals surface area contributed by atoms with Gasteiger partial charge in [0.25, 0.3) is 0 Å². The third kappa shape index (κ3) is 4.50. The summed E-state index contributed by atoms with van der Waals surface area (Å²) in [5.74, 6) is -0.423. The van der Waals surface area contributed by atoms with Crippen LogP contribution in [0.15, 0.2) is 35.1 Å². The third-order valence-electron chi connectivity index (χ3n) is 1.82. The molecule has 1 aromatic heterocycles. The van der Waals surface area contributed by atoms with Crippen LogP contribution >= 0.6 is 15.9 Å². The zero-order valence-electron chi connectivity index (χ0n) is 9.26. The maximum absolute atomic E-state index is 11.0. The van der Waals surface area contributed by atoms with Crippen molar-refractivity contribution in [2.24, 2.45) is 0 Å². The molecule has 0 spiro atoms. The number of ether oxygens (including phenoxy) is 1. The fourth-order valence-corrected chi connectivity index (χ4v) is 1.20. The summed E-state index contributed by atoms with van der Waals surface area (Å²) >= 11 is 3.24. The van der Waals surface area contributed by atoms with Crippen molar-refractivity contribution in [3.63, 3.8) is 0 Å². The molecule has 0 radical (unpaired) electrons. The molecule has 0 saturated heterocycles. The van der Waals surface area contributed by atoms with Gasteiger partial charge in [0.2, 0.25) is 0 Å². The Labute approximate surface area is 111 Å². The van der Waals surface area contributed by atoms with Crippen molar-refractivity contribution in [1.29, 1.82) is 0 Å². The Balaban J connectivity index is 2.27. The number of carbonyl (C=O) groups is 1. The van der Waals surface area contributed by atoms with Crippen LogP contribution in [0.2, 0.25) is 0 Å². The second kappa shape index (κ2) is 6.70. The highest BCUT2D eigenvalue weighted by atomic mass is 79.9. The molecule has 1 aromatic rings. The van der Waals surface area contributed by atoms with E-state index in [0.717, 1.165) is 4.47 Å². The highest BCUT2D eigenvalue weighted by molar-refractivity contribution is 9.10. The van der Waals surface area contributed by atoms with Crippen LogP contribution in [0.3, 0.4) is 0 Å². The summed E-state index contributed by atoms with van der Waals surface area (Å²) in [4.78, 5) is 24.4. The van der Waals surface area contributed by atoms with Gasteiger partial charge in [0.05, 0.1) is 11.5 Å². The Morgan fingerprint density at radius 2 is 2.33 bits per heavy atom. The lowest BCUT2D eigenvalue weighted by atomic mass is 10.4. The van der Waals surface area contributed by atoms with E-state index in [2.05, 4.69) is 37.5 Å². The third-order valence-corrected chi connectivity index (χ3v) is 2.29. The first-order chi connectivity index (χ1) is 8.50. The van der Waals surface area contributed by atoms with Gasteiger partial charge in [-0.3, -0.25) is 10.1 Å². The smallest absolute Gasteiger partial charge is 0.409 e. The van der Waals surface area contributed by atoms with Crippen LogP contribution in [-0.4, -0.2) is 29.0 Å². The Morgan fingerprint density at radius 1 is 1.61 bits per heavy atom. The van der Waals surface area contributed by atoms with Crippen molar-refractivity contribution < 1.29 is 14.5 Å². The normalized spacial score (nSPS) is 9.61. The van der Waals surface area contributed by atoms with Crippen LogP contribution in [0.5, 0.6) is 0 Å². The molecule has 1 heterocycles. The van der Waals surface area contributed by atoms with Crippen LogP contribution in [-0.2, 0) is 9.53 Å². The van der Waals surface area contributed by atoms with Crippen LogP contribution in [0.25, 0.3) is 0 Å². The second-order valence-corrected chi connectivity index (χ2v) is 4.04. The number of nitrogens with zero attached hydrogens (tertiary/aromatic N) is 2. The van der Waals surface area contributed by atoms with Gasteiger partial charge in [-0.05, 0) is 34.6 Å². The molecule has 0 aliphatic carbocycles. The number of esters is 1. The summed E-state index contributed by atoms with van der Waals surface area (Å²) in [7, 11) is 0. The summed E-state index contributed by atoms with van der Waals surface area (Å²) in [5.41, 5.74) is -0.781. The molecule has 0 fully saturated rings. The number of rotatable bonds is 6. The molecule has 96 valence electrons. The van der Waals surface area contributed by atoms with E-state index in [9.17, 15) is 14.9 Å². The number of carbonyl (C=O) groups excluding carboxylic acids is 1. The van der Waals surface area contributed by atoms with Gasteiger partial charge in [-0.2, -0.15) is 0 Å². The largest absolute Gasteiger partial charge is 0.456 e. The van der Waals surface area contributed by atoms with E-state index in [4.69, 9.17) is 0 Å². The van der Waals surface area contributed by atoms with Crippen LogP contribution in [0.1, 0.15) is 0 Å². The van der Waals surface area contributed by atoms with Crippen LogP contribution in [0, 0.1) is 10.1 Å². The number of hydrogen-bond acceptors (Lipinski definition) is 6. The number of aromatic nitrogens is 1. The molecule has 0 atom stereocenters. The minimum absolute atomic E-state index is 0.0105. The van der Waals surface area contributed by atoms with Crippen molar-refractivity contribution in [3.8, 4) is 0 Å². The first-order valence-corrected chi connectivity index (χ1v) is 5.66. The quantitative estimate of drug-likeness (QED) is 0.282. The number of anilines is 1. The fourth-order valence-electron chi connectivity index (χ4n) is 0.961. The lowest BCUT2D eigenvalue weighted by molar-refractivity contribution is -0.420. The molecular formula is C10H10BrN3O4. The van der Waals surface area contributed by atoms with E-state index < -0.39 is 16.6 Å². The van der Waals surface area contributed by atoms with Crippen molar-refractivity contribution >= 4 is 27.7 Å². The molecule has 0 unspecified atom stereocenters. The molecule has 0 amide bonds. The van der Waals surface area contributed by atoms with Crippen molar-refractivity contribution in [2.45, 2.75) is 0 Å². The molecule has 0 aromatic carbocycles. The molecule has 0 aliphatic rings. The monoisotopic (exact) mass is 315 g/mol. The summed E-state index contributed by atoms with van der Waals surface area (Å²) < 4.78 is 5.48. The average Bonchev–Trinajstić information content (AvgIpc) is 2.35. The van der Waals surface area contributed by atoms with E-state index in [1.54, 1.807) is 18.3 Å². The Hall–Kier alpha value is -1.96. The minimum atomic E-state index is -1.04. The van der Waals surface area contributed by atoms with Crippen LogP contribution < -0.4 is 5.32 Å². The highest BCUT2D eigenvalue weighted by Gasteiger charge is 2.19. The average molecular weight is 316 g/mol. The zero-order valence-corrected chi connectivity index (χ0v) is 10.8. The van der Waals surface area contributed by atoms with E-state index >= 15 is 0 Å². The molecule has 0 bridgehead atoms. The van der Waals surface area contributed by atoms with Gasteiger partial charge in [-0.15, -0.1) is 0 Å². The number of nitro groups is 1. The number of pyridine rings is 1. The van der Waals surface area contributed by atoms with Gasteiger partial charge in [-0.1, -0.05) is 0 Å². The standard InChI is InChI=1S/C10H10BrN3O4/c1-7(14(16)17)10(15)18-5-4-12-9-3-2-8(11)6-13-9/h2-3,6H,1,4-5H2,(H,12,13). The summed E-state index contributed by atoms with van der Waals surface area (Å²) in [6.45, 7) is 3.28. The van der Waals surface area contributed by atoms with Gasteiger partial charge >= 0.3 is 11.7 Å². The Morgan fingerprint density at radius 3 is 2.89 bits per heavy atom. The maximum Gasteiger partial charge on any atom is 0.409 e. The SMILES string of the molecule is C=C(C(=O)OCCNc1ccc(Br)cn1)[N+](=O)[O-]. The first-order valence-electron chi connectivity index (χ1n) is 4.86. The van der Waals surface area contributed by atoms with E-state index in [1.165, 1.54) is 0 Å². The molecule has 0 aliphatic heterocycles. The van der Waals surface area contributed by atoms with Crippen molar-refractivity contribution in [2.75, 3.05) is 18.5 Å². The predicted molar refractivity (Wildman–Crippen MR) is 67.5 cm³/mol. The molecular weight excluding hydrogens is 306 g/mol. The number of halogens is 1. The van der Waals surface area contributed by atoms with Crippen molar-refractivity contribution in [3.05, 3.63) is 45.2 Å². The lowest BCUT2D eigenvalue weighted by Crippen LogP contribution is -2.18. The Bertz CT molecular complexity index is 461. The zero-order chi connectivity index (χ0) is 13.5. The molecule has 8 heteroatoms. The van der Waals surface area contributed by atoms with Gasteiger partial charge in [0.15, 0.2) is 0 Å². The predicted octanol–water partition coefficient (Wildman–Crippen LogP) is 1.59. The minimum Gasteiger partial charge on any atom is -0.456 e. The summed E-state index contributed by atoms with van der Waals surface area (Å²) in [6.07, 6.45) is 1.61. The van der Waals surface area contributed by atoms with Crippen LogP contribution in [0.4, 0.5) is 5.82 Å². The number of hydrogen-bond donors (Lipinski definition) is 1.